The standard InChI is InChI=1S/C8H6O4.CH3Cl/c9-7(10)5-1-2-6(4-3-5)8(11)12;1-2/h1-4H,(H,9,10)(H,11,12);1H3. The van der Waals surface area contributed by atoms with Gasteiger partial charge in [-0.15, -0.1) is 11.6 Å². The Morgan fingerprint density at radius 3 is 1.29 bits per heavy atom. The van der Waals surface area contributed by atoms with Gasteiger partial charge in [-0.05, 0) is 24.3 Å². The lowest BCUT2D eigenvalue weighted by Gasteiger charge is -1.94. The molecule has 0 aliphatic rings. The minimum atomic E-state index is -1.06. The summed E-state index contributed by atoms with van der Waals surface area (Å²) < 4.78 is 0. The van der Waals surface area contributed by atoms with Gasteiger partial charge >= 0.3 is 11.9 Å². The Kier molecular flexibility index (Phi) is 5.33. The predicted octanol–water partition coefficient (Wildman–Crippen LogP) is 1.94. The van der Waals surface area contributed by atoms with Crippen LogP contribution in [0.2, 0.25) is 0 Å². The van der Waals surface area contributed by atoms with E-state index in [0.29, 0.717) is 0 Å². The second-order valence-corrected chi connectivity index (χ2v) is 2.19. The summed E-state index contributed by atoms with van der Waals surface area (Å²) in [6.07, 6.45) is 1.47. The third-order valence-corrected chi connectivity index (χ3v) is 1.38. The first-order chi connectivity index (χ1) is 6.61. The zero-order chi connectivity index (χ0) is 11.1. The first-order valence-corrected chi connectivity index (χ1v) is 4.31. The van der Waals surface area contributed by atoms with Crippen LogP contribution >= 0.6 is 11.6 Å². The van der Waals surface area contributed by atoms with Crippen LogP contribution in [0.15, 0.2) is 24.3 Å². The second kappa shape index (κ2) is 5.99. The molecule has 1 aromatic carbocycles. The molecule has 1 rings (SSSR count). The van der Waals surface area contributed by atoms with E-state index in [-0.39, 0.29) is 11.1 Å². The Bertz CT molecular complexity index is 285. The Hall–Kier alpha value is -1.55. The Morgan fingerprint density at radius 1 is 0.929 bits per heavy atom. The van der Waals surface area contributed by atoms with Crippen molar-refractivity contribution in [3.8, 4) is 0 Å². The molecular weight excluding hydrogens is 208 g/mol. The number of rotatable bonds is 2. The molecular formula is C9H9ClO4. The highest BCUT2D eigenvalue weighted by atomic mass is 35.5. The lowest BCUT2D eigenvalue weighted by molar-refractivity contribution is 0.0681. The number of carbonyl (C=O) groups is 2. The van der Waals surface area contributed by atoms with Crippen molar-refractivity contribution in [1.29, 1.82) is 0 Å². The van der Waals surface area contributed by atoms with Crippen molar-refractivity contribution in [3.05, 3.63) is 35.4 Å². The van der Waals surface area contributed by atoms with E-state index in [4.69, 9.17) is 10.2 Å². The van der Waals surface area contributed by atoms with Gasteiger partial charge in [0.25, 0.3) is 0 Å². The van der Waals surface area contributed by atoms with Crippen molar-refractivity contribution >= 4 is 23.5 Å². The van der Waals surface area contributed by atoms with Crippen LogP contribution in [0, 0.1) is 0 Å². The molecule has 0 fully saturated rings. The van der Waals surface area contributed by atoms with E-state index in [1.165, 1.54) is 30.6 Å². The molecule has 0 aliphatic heterocycles. The smallest absolute Gasteiger partial charge is 0.335 e. The molecule has 0 aromatic heterocycles. The van der Waals surface area contributed by atoms with E-state index >= 15 is 0 Å². The highest BCUT2D eigenvalue weighted by Crippen LogP contribution is 2.03. The molecule has 4 nitrogen and oxygen atoms in total. The van der Waals surface area contributed by atoms with Gasteiger partial charge in [-0.3, -0.25) is 0 Å². The fourth-order valence-corrected chi connectivity index (χ4v) is 0.755. The molecule has 0 amide bonds. The summed E-state index contributed by atoms with van der Waals surface area (Å²) in [5.74, 6) is -2.13. The number of alkyl halides is 1. The molecule has 0 spiro atoms. The monoisotopic (exact) mass is 216 g/mol. The Balaban J connectivity index is 0.000000791. The molecule has 5 heteroatoms. The van der Waals surface area contributed by atoms with Gasteiger partial charge in [0.2, 0.25) is 0 Å². The Morgan fingerprint density at radius 2 is 1.14 bits per heavy atom. The molecule has 76 valence electrons. The first-order valence-electron chi connectivity index (χ1n) is 3.55. The van der Waals surface area contributed by atoms with E-state index in [2.05, 4.69) is 11.6 Å². The first kappa shape index (κ1) is 12.4. The summed E-state index contributed by atoms with van der Waals surface area (Å²) in [6.45, 7) is 0. The molecule has 0 radical (unpaired) electrons. The molecule has 0 saturated carbocycles. The van der Waals surface area contributed by atoms with Gasteiger partial charge in [0, 0.05) is 6.38 Å². The fourth-order valence-electron chi connectivity index (χ4n) is 0.755. The largest absolute Gasteiger partial charge is 0.478 e. The van der Waals surface area contributed by atoms with E-state index < -0.39 is 11.9 Å². The number of carboxylic acid groups (broad SMARTS) is 2. The quantitative estimate of drug-likeness (QED) is 0.741. The highest BCUT2D eigenvalue weighted by molar-refractivity contribution is 6.15. The summed E-state index contributed by atoms with van der Waals surface area (Å²) in [5.41, 5.74) is 0.167. The number of hydrogen-bond acceptors (Lipinski definition) is 2. The number of hydrogen-bond donors (Lipinski definition) is 2. The van der Waals surface area contributed by atoms with Gasteiger partial charge in [0.05, 0.1) is 11.1 Å². The second-order valence-electron chi connectivity index (χ2n) is 2.19. The minimum absolute atomic E-state index is 0.0833. The number of halogens is 1. The van der Waals surface area contributed by atoms with E-state index in [1.54, 1.807) is 0 Å². The average Bonchev–Trinajstić information content (AvgIpc) is 2.21. The van der Waals surface area contributed by atoms with E-state index in [9.17, 15) is 9.59 Å². The van der Waals surface area contributed by atoms with Crippen molar-refractivity contribution in [2.75, 3.05) is 6.38 Å². The van der Waals surface area contributed by atoms with Crippen molar-refractivity contribution in [2.24, 2.45) is 0 Å². The lowest BCUT2D eigenvalue weighted by Crippen LogP contribution is -1.99. The molecule has 14 heavy (non-hydrogen) atoms. The van der Waals surface area contributed by atoms with Crippen molar-refractivity contribution in [3.63, 3.8) is 0 Å². The van der Waals surface area contributed by atoms with Crippen LogP contribution in [-0.4, -0.2) is 28.5 Å². The summed E-state index contributed by atoms with van der Waals surface area (Å²) in [6, 6.07) is 5.02. The van der Waals surface area contributed by atoms with Crippen LogP contribution in [-0.2, 0) is 0 Å². The van der Waals surface area contributed by atoms with Crippen LogP contribution in [0.1, 0.15) is 20.7 Å². The summed E-state index contributed by atoms with van der Waals surface area (Å²) in [4.78, 5) is 20.7. The normalized spacial score (nSPS) is 8.43. The summed E-state index contributed by atoms with van der Waals surface area (Å²) in [5, 5.41) is 16.9. The SMILES string of the molecule is CCl.O=C(O)c1ccc(C(=O)O)cc1. The van der Waals surface area contributed by atoms with Gasteiger partial charge in [-0.25, -0.2) is 9.59 Å². The van der Waals surface area contributed by atoms with Crippen LogP contribution in [0.5, 0.6) is 0 Å². The topological polar surface area (TPSA) is 74.6 Å². The maximum Gasteiger partial charge on any atom is 0.335 e. The Labute approximate surface area is 85.7 Å². The molecule has 0 saturated heterocycles. The maximum absolute atomic E-state index is 10.3. The van der Waals surface area contributed by atoms with Crippen LogP contribution in [0.4, 0.5) is 0 Å². The molecule has 2 N–H and O–H groups in total. The number of aromatic carboxylic acids is 2. The molecule has 0 aliphatic carbocycles. The average molecular weight is 217 g/mol. The van der Waals surface area contributed by atoms with Gasteiger partial charge in [-0.2, -0.15) is 0 Å². The minimum Gasteiger partial charge on any atom is -0.478 e. The predicted molar refractivity (Wildman–Crippen MR) is 52.1 cm³/mol. The molecule has 0 unspecified atom stereocenters. The van der Waals surface area contributed by atoms with Gasteiger partial charge in [-0.1, -0.05) is 0 Å². The highest BCUT2D eigenvalue weighted by Gasteiger charge is 2.04. The van der Waals surface area contributed by atoms with E-state index in [1.807, 2.05) is 0 Å². The van der Waals surface area contributed by atoms with Gasteiger partial charge in [0.15, 0.2) is 0 Å². The molecule has 0 atom stereocenters. The number of carboxylic acids is 2. The summed E-state index contributed by atoms with van der Waals surface area (Å²) in [7, 11) is 0. The fraction of sp³-hybridized carbons (Fsp3) is 0.111. The van der Waals surface area contributed by atoms with Gasteiger partial charge in [0.1, 0.15) is 0 Å². The molecule has 1 aromatic rings. The lowest BCUT2D eigenvalue weighted by atomic mass is 10.1. The van der Waals surface area contributed by atoms with Crippen LogP contribution in [0.25, 0.3) is 0 Å². The van der Waals surface area contributed by atoms with Crippen molar-refractivity contribution < 1.29 is 19.8 Å². The zero-order valence-electron chi connectivity index (χ0n) is 7.40. The third kappa shape index (κ3) is 3.45. The number of benzene rings is 1. The van der Waals surface area contributed by atoms with Crippen molar-refractivity contribution in [1.82, 2.24) is 0 Å². The molecule has 0 heterocycles. The molecule has 0 bridgehead atoms. The van der Waals surface area contributed by atoms with E-state index in [0.717, 1.165) is 0 Å². The van der Waals surface area contributed by atoms with Gasteiger partial charge < -0.3 is 10.2 Å². The summed E-state index contributed by atoms with van der Waals surface area (Å²) >= 11 is 4.64. The zero-order valence-corrected chi connectivity index (χ0v) is 8.15. The van der Waals surface area contributed by atoms with Crippen LogP contribution in [0.3, 0.4) is 0 Å². The maximum atomic E-state index is 10.3. The third-order valence-electron chi connectivity index (χ3n) is 1.38. The van der Waals surface area contributed by atoms with Crippen LogP contribution < -0.4 is 0 Å². The van der Waals surface area contributed by atoms with Crippen molar-refractivity contribution in [2.45, 2.75) is 0 Å².